The van der Waals surface area contributed by atoms with Gasteiger partial charge in [0, 0.05) is 6.04 Å². The Bertz CT molecular complexity index is 530. The number of nitrogens with one attached hydrogen (secondary N) is 1. The third-order valence-corrected chi connectivity index (χ3v) is 3.25. The lowest BCUT2D eigenvalue weighted by Gasteiger charge is -2.20. The molecule has 2 N–H and O–H groups in total. The number of benzene rings is 1. The summed E-state index contributed by atoms with van der Waals surface area (Å²) in [6, 6.07) is 7.71. The molecule has 1 aromatic heterocycles. The van der Waals surface area contributed by atoms with E-state index in [9.17, 15) is 9.50 Å². The summed E-state index contributed by atoms with van der Waals surface area (Å²) in [6.07, 6.45) is 1.55. The zero-order valence-corrected chi connectivity index (χ0v) is 11.2. The van der Waals surface area contributed by atoms with Gasteiger partial charge in [-0.15, -0.1) is 0 Å². The van der Waals surface area contributed by atoms with E-state index in [1.54, 1.807) is 30.5 Å². The minimum absolute atomic E-state index is 0.0877. The van der Waals surface area contributed by atoms with Gasteiger partial charge in [-0.1, -0.05) is 17.7 Å². The van der Waals surface area contributed by atoms with Crippen LogP contribution in [-0.4, -0.2) is 11.7 Å². The first-order valence-corrected chi connectivity index (χ1v) is 6.35. The molecule has 0 spiro atoms. The molecular weight excluding hydrogens is 269 g/mol. The number of furan rings is 1. The second-order valence-electron chi connectivity index (χ2n) is 4.31. The summed E-state index contributed by atoms with van der Waals surface area (Å²) in [5.74, 6) is 0.213. The fourth-order valence-electron chi connectivity index (χ4n) is 1.89. The molecule has 19 heavy (non-hydrogen) atoms. The van der Waals surface area contributed by atoms with E-state index in [2.05, 4.69) is 5.32 Å². The second kappa shape index (κ2) is 6.19. The Kier molecular flexibility index (Phi) is 4.58. The summed E-state index contributed by atoms with van der Waals surface area (Å²) >= 11 is 5.76. The molecule has 0 radical (unpaired) electrons. The van der Waals surface area contributed by atoms with Crippen LogP contribution in [0.25, 0.3) is 0 Å². The van der Waals surface area contributed by atoms with Crippen LogP contribution in [0.3, 0.4) is 0 Å². The molecule has 0 saturated heterocycles. The molecule has 2 atom stereocenters. The van der Waals surface area contributed by atoms with Gasteiger partial charge in [0.25, 0.3) is 0 Å². The smallest absolute Gasteiger partial charge is 0.141 e. The summed E-state index contributed by atoms with van der Waals surface area (Å²) in [6.45, 7) is 1.82. The van der Waals surface area contributed by atoms with Crippen molar-refractivity contribution in [1.82, 2.24) is 5.32 Å². The van der Waals surface area contributed by atoms with Crippen LogP contribution in [0.1, 0.15) is 30.3 Å². The van der Waals surface area contributed by atoms with E-state index in [0.29, 0.717) is 5.76 Å². The van der Waals surface area contributed by atoms with Crippen molar-refractivity contribution in [2.75, 3.05) is 6.61 Å². The van der Waals surface area contributed by atoms with Crippen molar-refractivity contribution < 1.29 is 13.9 Å². The lowest BCUT2D eigenvalue weighted by Crippen LogP contribution is -2.27. The van der Waals surface area contributed by atoms with Crippen molar-refractivity contribution in [2.24, 2.45) is 0 Å². The first-order chi connectivity index (χ1) is 9.11. The molecule has 2 rings (SSSR count). The molecule has 1 heterocycles. The summed E-state index contributed by atoms with van der Waals surface area (Å²) in [5.41, 5.74) is 0.844. The Hall–Kier alpha value is -1.36. The minimum Gasteiger partial charge on any atom is -0.468 e. The maximum absolute atomic E-state index is 13.1. The number of hydrogen-bond acceptors (Lipinski definition) is 3. The highest BCUT2D eigenvalue weighted by Gasteiger charge is 2.17. The molecule has 5 heteroatoms. The van der Waals surface area contributed by atoms with Crippen LogP contribution >= 0.6 is 11.6 Å². The van der Waals surface area contributed by atoms with Crippen molar-refractivity contribution in [3.05, 3.63) is 58.8 Å². The standard InChI is InChI=1S/C14H15ClFNO2/c1-9(10-4-5-12(16)11(15)7-10)17-13(8-18)14-3-2-6-19-14/h2-7,9,13,17-18H,8H2,1H3. The van der Waals surface area contributed by atoms with Gasteiger partial charge in [0.1, 0.15) is 11.6 Å². The number of aliphatic hydroxyl groups is 1. The van der Waals surface area contributed by atoms with Gasteiger partial charge in [-0.05, 0) is 36.8 Å². The zero-order valence-electron chi connectivity index (χ0n) is 10.4. The van der Waals surface area contributed by atoms with Crippen molar-refractivity contribution in [3.63, 3.8) is 0 Å². The maximum atomic E-state index is 13.1. The van der Waals surface area contributed by atoms with E-state index in [1.807, 2.05) is 6.92 Å². The summed E-state index contributed by atoms with van der Waals surface area (Å²) in [7, 11) is 0. The van der Waals surface area contributed by atoms with E-state index in [4.69, 9.17) is 16.0 Å². The maximum Gasteiger partial charge on any atom is 0.141 e. The van der Waals surface area contributed by atoms with Crippen LogP contribution in [-0.2, 0) is 0 Å². The van der Waals surface area contributed by atoms with Crippen LogP contribution in [0.4, 0.5) is 4.39 Å². The number of halogens is 2. The van der Waals surface area contributed by atoms with E-state index in [-0.39, 0.29) is 23.7 Å². The Morgan fingerprint density at radius 3 is 2.79 bits per heavy atom. The average molecular weight is 284 g/mol. The third-order valence-electron chi connectivity index (χ3n) is 2.96. The van der Waals surface area contributed by atoms with Crippen molar-refractivity contribution >= 4 is 11.6 Å². The highest BCUT2D eigenvalue weighted by molar-refractivity contribution is 6.30. The van der Waals surface area contributed by atoms with Gasteiger partial charge in [0.2, 0.25) is 0 Å². The van der Waals surface area contributed by atoms with Crippen LogP contribution in [0.5, 0.6) is 0 Å². The lowest BCUT2D eigenvalue weighted by molar-refractivity contribution is 0.217. The number of aliphatic hydroxyl groups excluding tert-OH is 1. The average Bonchev–Trinajstić information content (AvgIpc) is 2.92. The van der Waals surface area contributed by atoms with Crippen molar-refractivity contribution in [3.8, 4) is 0 Å². The molecule has 1 aromatic carbocycles. The van der Waals surface area contributed by atoms with Gasteiger partial charge >= 0.3 is 0 Å². The number of hydrogen-bond donors (Lipinski definition) is 2. The van der Waals surface area contributed by atoms with Gasteiger partial charge in [-0.25, -0.2) is 4.39 Å². The molecule has 0 aliphatic rings. The van der Waals surface area contributed by atoms with Gasteiger partial charge in [0.05, 0.1) is 23.9 Å². The Morgan fingerprint density at radius 1 is 1.42 bits per heavy atom. The van der Waals surface area contributed by atoms with Crippen LogP contribution in [0.2, 0.25) is 5.02 Å². The van der Waals surface area contributed by atoms with Gasteiger partial charge < -0.3 is 9.52 Å². The highest BCUT2D eigenvalue weighted by atomic mass is 35.5. The molecule has 102 valence electrons. The third kappa shape index (κ3) is 3.35. The largest absolute Gasteiger partial charge is 0.468 e. The summed E-state index contributed by atoms with van der Waals surface area (Å²) in [5, 5.41) is 12.7. The van der Waals surface area contributed by atoms with Gasteiger partial charge in [0.15, 0.2) is 0 Å². The Balaban J connectivity index is 2.11. The Labute approximate surface area is 116 Å². The SMILES string of the molecule is CC(NC(CO)c1ccco1)c1ccc(F)c(Cl)c1. The van der Waals surface area contributed by atoms with Crippen molar-refractivity contribution in [1.29, 1.82) is 0 Å². The van der Waals surface area contributed by atoms with Crippen LogP contribution in [0, 0.1) is 5.82 Å². The number of rotatable bonds is 5. The lowest BCUT2D eigenvalue weighted by atomic mass is 10.1. The molecular formula is C14H15ClFNO2. The normalized spacial score (nSPS) is 14.3. The van der Waals surface area contributed by atoms with E-state index in [1.165, 1.54) is 6.07 Å². The quantitative estimate of drug-likeness (QED) is 0.883. The fourth-order valence-corrected chi connectivity index (χ4v) is 2.08. The van der Waals surface area contributed by atoms with E-state index < -0.39 is 5.82 Å². The highest BCUT2D eigenvalue weighted by Crippen LogP contribution is 2.23. The predicted octanol–water partition coefficient (Wildman–Crippen LogP) is 3.46. The first kappa shape index (κ1) is 14.1. The summed E-state index contributed by atoms with van der Waals surface area (Å²) in [4.78, 5) is 0. The van der Waals surface area contributed by atoms with E-state index in [0.717, 1.165) is 5.56 Å². The molecule has 3 nitrogen and oxygen atoms in total. The minimum atomic E-state index is -0.442. The monoisotopic (exact) mass is 283 g/mol. The molecule has 0 bridgehead atoms. The molecule has 0 aliphatic heterocycles. The molecule has 0 amide bonds. The molecule has 0 saturated carbocycles. The van der Waals surface area contributed by atoms with Gasteiger partial charge in [-0.2, -0.15) is 0 Å². The Morgan fingerprint density at radius 2 is 2.21 bits per heavy atom. The summed E-state index contributed by atoms with van der Waals surface area (Å²) < 4.78 is 18.4. The molecule has 0 fully saturated rings. The predicted molar refractivity (Wildman–Crippen MR) is 71.5 cm³/mol. The van der Waals surface area contributed by atoms with Crippen molar-refractivity contribution in [2.45, 2.75) is 19.0 Å². The molecule has 0 aliphatic carbocycles. The second-order valence-corrected chi connectivity index (χ2v) is 4.72. The fraction of sp³-hybridized carbons (Fsp3) is 0.286. The van der Waals surface area contributed by atoms with Crippen LogP contribution in [0.15, 0.2) is 41.0 Å². The van der Waals surface area contributed by atoms with Crippen LogP contribution < -0.4 is 5.32 Å². The molecule has 2 aromatic rings. The molecule has 2 unspecified atom stereocenters. The van der Waals surface area contributed by atoms with E-state index >= 15 is 0 Å². The zero-order chi connectivity index (χ0) is 13.8. The first-order valence-electron chi connectivity index (χ1n) is 5.97. The van der Waals surface area contributed by atoms with Gasteiger partial charge in [-0.3, -0.25) is 5.32 Å². The topological polar surface area (TPSA) is 45.4 Å².